The largest absolute Gasteiger partial charge is 0.243 e. The molecule has 0 saturated carbocycles. The molecule has 2 heterocycles. The lowest BCUT2D eigenvalue weighted by Gasteiger charge is -1.98. The number of aromatic nitrogens is 4. The Balaban J connectivity index is 2.45. The molecule has 0 fully saturated rings. The highest BCUT2D eigenvalue weighted by molar-refractivity contribution is 4.93. The van der Waals surface area contributed by atoms with Crippen LogP contribution in [0.2, 0.25) is 0 Å². The third kappa shape index (κ3) is 1.02. The van der Waals surface area contributed by atoms with Crippen LogP contribution in [-0.4, -0.2) is 19.3 Å². The average Bonchev–Trinajstić information content (AvgIpc) is 2.55. The van der Waals surface area contributed by atoms with E-state index in [0.29, 0.717) is 0 Å². The van der Waals surface area contributed by atoms with Crippen LogP contribution >= 0.6 is 0 Å². The van der Waals surface area contributed by atoms with Crippen molar-refractivity contribution >= 4 is 0 Å². The smallest absolute Gasteiger partial charge is 0.115 e. The minimum absolute atomic E-state index is 0.999. The zero-order valence-corrected chi connectivity index (χ0v) is 6.18. The van der Waals surface area contributed by atoms with Crippen molar-refractivity contribution in [2.24, 2.45) is 0 Å². The predicted molar refractivity (Wildman–Crippen MR) is 40.0 cm³/mol. The van der Waals surface area contributed by atoms with Gasteiger partial charge >= 0.3 is 0 Å². The molecule has 2 aromatic heterocycles. The first kappa shape index (κ1) is 6.15. The summed E-state index contributed by atoms with van der Waals surface area (Å²) >= 11 is 0. The lowest BCUT2D eigenvalue weighted by Crippen LogP contribution is -2.02. The molecule has 0 N–H and O–H groups in total. The van der Waals surface area contributed by atoms with Crippen molar-refractivity contribution in [3.8, 4) is 0 Å². The van der Waals surface area contributed by atoms with Crippen LogP contribution in [0.1, 0.15) is 5.69 Å². The summed E-state index contributed by atoms with van der Waals surface area (Å²) in [6.45, 7) is 1.95. The average molecular weight is 148 g/mol. The zero-order chi connectivity index (χ0) is 7.68. The van der Waals surface area contributed by atoms with Gasteiger partial charge in [-0.2, -0.15) is 0 Å². The molecule has 0 aliphatic rings. The Morgan fingerprint density at radius 1 is 1.27 bits per heavy atom. The topological polar surface area (TPSA) is 35.6 Å². The molecule has 0 amide bonds. The maximum atomic E-state index is 4.09. The molecular weight excluding hydrogens is 140 g/mol. The van der Waals surface area contributed by atoms with Gasteiger partial charge in [-0.25, -0.2) is 19.3 Å². The minimum Gasteiger partial charge on any atom is -0.243 e. The van der Waals surface area contributed by atoms with E-state index in [1.165, 1.54) is 0 Å². The van der Waals surface area contributed by atoms with E-state index in [2.05, 4.69) is 9.97 Å². The molecule has 0 radical (unpaired) electrons. The van der Waals surface area contributed by atoms with Crippen LogP contribution in [0.3, 0.4) is 0 Å². The van der Waals surface area contributed by atoms with Gasteiger partial charge in [-0.3, -0.25) is 0 Å². The van der Waals surface area contributed by atoms with E-state index >= 15 is 0 Å². The van der Waals surface area contributed by atoms with Gasteiger partial charge < -0.3 is 0 Å². The highest BCUT2D eigenvalue weighted by Crippen LogP contribution is 1.94. The molecule has 2 rings (SSSR count). The molecule has 0 aliphatic carbocycles. The van der Waals surface area contributed by atoms with E-state index in [-0.39, 0.29) is 0 Å². The van der Waals surface area contributed by atoms with Gasteiger partial charge in [0.25, 0.3) is 0 Å². The van der Waals surface area contributed by atoms with Crippen molar-refractivity contribution in [2.45, 2.75) is 6.92 Å². The number of hydrogen-bond donors (Lipinski definition) is 0. The fourth-order valence-electron chi connectivity index (χ4n) is 0.923. The summed E-state index contributed by atoms with van der Waals surface area (Å²) < 4.78 is 3.71. The zero-order valence-electron chi connectivity index (χ0n) is 6.18. The molecular formula is C7H8N4. The standard InChI is InChI=1S/C7H8N4/c1-7-4-11(6-9-7)10-3-2-8-5-10/h2-6H,1H3. The van der Waals surface area contributed by atoms with E-state index in [1.807, 2.05) is 28.7 Å². The normalized spacial score (nSPS) is 10.3. The number of nitrogens with zero attached hydrogens (tertiary/aromatic N) is 4. The van der Waals surface area contributed by atoms with Crippen molar-refractivity contribution in [1.82, 2.24) is 19.3 Å². The highest BCUT2D eigenvalue weighted by Gasteiger charge is 1.92. The third-order valence-corrected chi connectivity index (χ3v) is 1.46. The van der Waals surface area contributed by atoms with Gasteiger partial charge in [-0.15, -0.1) is 0 Å². The first-order chi connectivity index (χ1) is 5.36. The van der Waals surface area contributed by atoms with Crippen LogP contribution in [-0.2, 0) is 0 Å². The first-order valence-electron chi connectivity index (χ1n) is 3.35. The Morgan fingerprint density at radius 2 is 2.18 bits per heavy atom. The van der Waals surface area contributed by atoms with Gasteiger partial charge in [0.15, 0.2) is 0 Å². The Hall–Kier alpha value is -1.58. The summed E-state index contributed by atoms with van der Waals surface area (Å²) in [5.74, 6) is 0. The molecule has 0 atom stereocenters. The summed E-state index contributed by atoms with van der Waals surface area (Å²) in [4.78, 5) is 8.01. The lowest BCUT2D eigenvalue weighted by atomic mass is 10.6. The van der Waals surface area contributed by atoms with Gasteiger partial charge in [0.2, 0.25) is 0 Å². The van der Waals surface area contributed by atoms with Crippen LogP contribution in [0.15, 0.2) is 31.2 Å². The molecule has 2 aromatic rings. The van der Waals surface area contributed by atoms with Gasteiger partial charge in [0, 0.05) is 18.6 Å². The second kappa shape index (κ2) is 2.23. The van der Waals surface area contributed by atoms with Crippen molar-refractivity contribution in [1.29, 1.82) is 0 Å². The molecule has 4 heteroatoms. The fraction of sp³-hybridized carbons (Fsp3) is 0.143. The van der Waals surface area contributed by atoms with Crippen molar-refractivity contribution in [3.05, 3.63) is 36.9 Å². The Bertz CT molecular complexity index is 333. The van der Waals surface area contributed by atoms with Gasteiger partial charge in [-0.1, -0.05) is 0 Å². The maximum Gasteiger partial charge on any atom is 0.115 e. The number of hydrogen-bond acceptors (Lipinski definition) is 2. The minimum atomic E-state index is 0.999. The molecule has 0 bridgehead atoms. The van der Waals surface area contributed by atoms with E-state index in [1.54, 1.807) is 18.9 Å². The fourth-order valence-corrected chi connectivity index (χ4v) is 0.923. The Morgan fingerprint density at radius 3 is 2.73 bits per heavy atom. The van der Waals surface area contributed by atoms with Gasteiger partial charge in [-0.05, 0) is 6.92 Å². The van der Waals surface area contributed by atoms with E-state index < -0.39 is 0 Å². The molecule has 0 aromatic carbocycles. The SMILES string of the molecule is Cc1cn(-n2ccnc2)cn1. The van der Waals surface area contributed by atoms with E-state index in [0.717, 1.165) is 5.69 Å². The molecule has 4 nitrogen and oxygen atoms in total. The summed E-state index contributed by atoms with van der Waals surface area (Å²) in [6.07, 6.45) is 9.00. The number of rotatable bonds is 1. The van der Waals surface area contributed by atoms with Crippen molar-refractivity contribution in [3.63, 3.8) is 0 Å². The van der Waals surface area contributed by atoms with Crippen LogP contribution in [0.5, 0.6) is 0 Å². The number of aryl methyl sites for hydroxylation is 1. The number of imidazole rings is 2. The van der Waals surface area contributed by atoms with Crippen molar-refractivity contribution in [2.75, 3.05) is 0 Å². The first-order valence-corrected chi connectivity index (χ1v) is 3.35. The summed E-state index contributed by atoms with van der Waals surface area (Å²) in [7, 11) is 0. The maximum absolute atomic E-state index is 4.09. The van der Waals surface area contributed by atoms with Crippen LogP contribution in [0, 0.1) is 6.92 Å². The summed E-state index contributed by atoms with van der Waals surface area (Å²) in [5.41, 5.74) is 0.999. The highest BCUT2D eigenvalue weighted by atomic mass is 15.5. The third-order valence-electron chi connectivity index (χ3n) is 1.46. The molecule has 56 valence electrons. The van der Waals surface area contributed by atoms with Gasteiger partial charge in [0.1, 0.15) is 12.7 Å². The van der Waals surface area contributed by atoms with Crippen molar-refractivity contribution < 1.29 is 0 Å². The van der Waals surface area contributed by atoms with Crippen LogP contribution in [0.4, 0.5) is 0 Å². The Labute approximate surface area is 64.1 Å². The second-order valence-corrected chi connectivity index (χ2v) is 2.34. The molecule has 0 spiro atoms. The molecule has 0 saturated heterocycles. The monoisotopic (exact) mass is 148 g/mol. The van der Waals surface area contributed by atoms with Crippen LogP contribution < -0.4 is 0 Å². The second-order valence-electron chi connectivity index (χ2n) is 2.34. The quantitative estimate of drug-likeness (QED) is 0.596. The van der Waals surface area contributed by atoms with Gasteiger partial charge in [0.05, 0.1) is 5.69 Å². The molecule has 0 unspecified atom stereocenters. The van der Waals surface area contributed by atoms with Crippen LogP contribution in [0.25, 0.3) is 0 Å². The molecule has 11 heavy (non-hydrogen) atoms. The van der Waals surface area contributed by atoms with E-state index in [4.69, 9.17) is 0 Å². The van der Waals surface area contributed by atoms with E-state index in [9.17, 15) is 0 Å². The summed E-state index contributed by atoms with van der Waals surface area (Å²) in [5, 5.41) is 0. The summed E-state index contributed by atoms with van der Waals surface area (Å²) in [6, 6.07) is 0. The predicted octanol–water partition coefficient (Wildman–Crippen LogP) is 0.699. The Kier molecular flexibility index (Phi) is 1.25. The lowest BCUT2D eigenvalue weighted by molar-refractivity contribution is 0.656. The molecule has 0 aliphatic heterocycles.